The number of nitrogens with one attached hydrogen (secondary N) is 1. The Morgan fingerprint density at radius 2 is 1.84 bits per heavy atom. The van der Waals surface area contributed by atoms with Crippen molar-refractivity contribution in [3.8, 4) is 0 Å². The molecule has 1 fully saturated rings. The van der Waals surface area contributed by atoms with E-state index in [-0.39, 0.29) is 10.0 Å². The van der Waals surface area contributed by atoms with Crippen molar-refractivity contribution in [1.29, 1.82) is 0 Å². The zero-order valence-corrected chi connectivity index (χ0v) is 12.6. The van der Waals surface area contributed by atoms with Gasteiger partial charge in [-0.15, -0.1) is 0 Å². The Labute approximate surface area is 123 Å². The van der Waals surface area contributed by atoms with Gasteiger partial charge in [-0.3, -0.25) is 0 Å². The summed E-state index contributed by atoms with van der Waals surface area (Å²) >= 11 is 11.6. The molecule has 2 nitrogen and oxygen atoms in total. The van der Waals surface area contributed by atoms with Crippen molar-refractivity contribution < 1.29 is 4.39 Å². The highest BCUT2D eigenvalue weighted by molar-refractivity contribution is 6.35. The minimum Gasteiger partial charge on any atom is -0.382 e. The van der Waals surface area contributed by atoms with E-state index in [4.69, 9.17) is 23.2 Å². The van der Waals surface area contributed by atoms with Crippen LogP contribution in [0.5, 0.6) is 0 Å². The summed E-state index contributed by atoms with van der Waals surface area (Å²) in [5.74, 6) is -0.549. The van der Waals surface area contributed by atoms with E-state index in [0.29, 0.717) is 6.04 Å². The van der Waals surface area contributed by atoms with Gasteiger partial charge in [-0.05, 0) is 37.9 Å². The van der Waals surface area contributed by atoms with E-state index in [2.05, 4.69) is 17.1 Å². The number of piperidine rings is 1. The number of rotatable bonds is 4. The van der Waals surface area contributed by atoms with Crippen molar-refractivity contribution in [1.82, 2.24) is 4.90 Å². The maximum absolute atomic E-state index is 13.3. The van der Waals surface area contributed by atoms with Crippen molar-refractivity contribution >= 4 is 28.9 Å². The maximum Gasteiger partial charge on any atom is 0.160 e. The lowest BCUT2D eigenvalue weighted by molar-refractivity contribution is 0.219. The molecule has 0 atom stereocenters. The van der Waals surface area contributed by atoms with E-state index in [1.54, 1.807) is 12.1 Å². The predicted molar refractivity (Wildman–Crippen MR) is 79.8 cm³/mol. The Hall–Kier alpha value is -0.510. The van der Waals surface area contributed by atoms with Gasteiger partial charge in [0, 0.05) is 24.8 Å². The molecule has 5 heteroatoms. The van der Waals surface area contributed by atoms with Gasteiger partial charge in [0.25, 0.3) is 0 Å². The minimum atomic E-state index is -0.549. The van der Waals surface area contributed by atoms with Gasteiger partial charge in [0.1, 0.15) is 0 Å². The number of hydrogen-bond acceptors (Lipinski definition) is 2. The molecule has 0 aromatic heterocycles. The van der Waals surface area contributed by atoms with E-state index in [1.165, 1.54) is 13.0 Å². The Balaban J connectivity index is 1.92. The summed E-state index contributed by atoms with van der Waals surface area (Å²) < 4.78 is 13.3. The van der Waals surface area contributed by atoms with E-state index in [9.17, 15) is 4.39 Å². The molecule has 0 spiro atoms. The number of nitrogens with zero attached hydrogens (tertiary/aromatic N) is 1. The average molecular weight is 305 g/mol. The molecule has 0 amide bonds. The SMILES string of the molecule is CCCN1CCC(Nc2cc(Cl)c(F)c(Cl)c2)CC1. The van der Waals surface area contributed by atoms with Gasteiger partial charge in [0.05, 0.1) is 10.0 Å². The van der Waals surface area contributed by atoms with Gasteiger partial charge in [-0.1, -0.05) is 30.1 Å². The number of likely N-dealkylation sites (tertiary alicyclic amines) is 1. The first-order chi connectivity index (χ1) is 9.10. The van der Waals surface area contributed by atoms with Crippen molar-refractivity contribution in [3.63, 3.8) is 0 Å². The zero-order chi connectivity index (χ0) is 13.8. The van der Waals surface area contributed by atoms with Crippen molar-refractivity contribution in [2.24, 2.45) is 0 Å². The molecule has 0 radical (unpaired) electrons. The molecule has 1 saturated heterocycles. The van der Waals surface area contributed by atoms with Crippen LogP contribution in [0.2, 0.25) is 10.0 Å². The molecule has 1 aliphatic rings. The van der Waals surface area contributed by atoms with Crippen molar-refractivity contribution in [2.45, 2.75) is 32.2 Å². The van der Waals surface area contributed by atoms with Gasteiger partial charge in [-0.25, -0.2) is 4.39 Å². The summed E-state index contributed by atoms with van der Waals surface area (Å²) in [5.41, 5.74) is 0.797. The van der Waals surface area contributed by atoms with E-state index in [0.717, 1.165) is 31.6 Å². The molecule has 0 bridgehead atoms. The molecule has 106 valence electrons. The molecule has 0 aliphatic carbocycles. The molecule has 1 aromatic carbocycles. The zero-order valence-electron chi connectivity index (χ0n) is 11.1. The second kappa shape index (κ2) is 6.78. The Morgan fingerprint density at radius 3 is 2.37 bits per heavy atom. The molecule has 0 saturated carbocycles. The van der Waals surface area contributed by atoms with Gasteiger partial charge in [0.15, 0.2) is 5.82 Å². The average Bonchev–Trinajstić information content (AvgIpc) is 2.38. The normalized spacial score (nSPS) is 17.7. The summed E-state index contributed by atoms with van der Waals surface area (Å²) in [6, 6.07) is 3.60. The topological polar surface area (TPSA) is 15.3 Å². The van der Waals surface area contributed by atoms with Gasteiger partial charge >= 0.3 is 0 Å². The fourth-order valence-electron chi connectivity index (χ4n) is 2.49. The number of benzene rings is 1. The van der Waals surface area contributed by atoms with Crippen LogP contribution in [-0.2, 0) is 0 Å². The molecule has 1 N–H and O–H groups in total. The lowest BCUT2D eigenvalue weighted by Gasteiger charge is -2.32. The van der Waals surface area contributed by atoms with Crippen molar-refractivity contribution in [3.05, 3.63) is 28.0 Å². The van der Waals surface area contributed by atoms with E-state index < -0.39 is 5.82 Å². The monoisotopic (exact) mass is 304 g/mol. The minimum absolute atomic E-state index is 0.0680. The molecule has 2 rings (SSSR count). The lowest BCUT2D eigenvalue weighted by Crippen LogP contribution is -2.39. The fraction of sp³-hybridized carbons (Fsp3) is 0.571. The highest BCUT2D eigenvalue weighted by atomic mass is 35.5. The molecule has 19 heavy (non-hydrogen) atoms. The van der Waals surface area contributed by atoms with Crippen LogP contribution in [-0.4, -0.2) is 30.6 Å². The third kappa shape index (κ3) is 3.98. The highest BCUT2D eigenvalue weighted by Gasteiger charge is 2.19. The Bertz CT molecular complexity index is 408. The Morgan fingerprint density at radius 1 is 1.26 bits per heavy atom. The Kier molecular flexibility index (Phi) is 5.31. The molecule has 1 heterocycles. The smallest absolute Gasteiger partial charge is 0.160 e. The first-order valence-corrected chi connectivity index (χ1v) is 7.49. The standard InChI is InChI=1S/C14H19Cl2FN2/c1-2-5-19-6-3-10(4-7-19)18-11-8-12(15)14(17)13(16)9-11/h8-10,18H,2-7H2,1H3. The highest BCUT2D eigenvalue weighted by Crippen LogP contribution is 2.28. The van der Waals surface area contributed by atoms with Crippen molar-refractivity contribution in [2.75, 3.05) is 25.0 Å². The van der Waals surface area contributed by atoms with Crippen LogP contribution in [0.3, 0.4) is 0 Å². The molecule has 1 aromatic rings. The van der Waals surface area contributed by atoms with Crippen LogP contribution in [0.15, 0.2) is 12.1 Å². The van der Waals surface area contributed by atoms with Crippen LogP contribution in [0, 0.1) is 5.82 Å². The fourth-order valence-corrected chi connectivity index (χ4v) is 2.98. The van der Waals surface area contributed by atoms with Crippen LogP contribution >= 0.6 is 23.2 Å². The summed E-state index contributed by atoms with van der Waals surface area (Å²) in [5, 5.41) is 3.53. The molecule has 1 aliphatic heterocycles. The van der Waals surface area contributed by atoms with Crippen LogP contribution < -0.4 is 5.32 Å². The van der Waals surface area contributed by atoms with E-state index >= 15 is 0 Å². The summed E-state index contributed by atoms with van der Waals surface area (Å²) in [6.07, 6.45) is 3.38. The first-order valence-electron chi connectivity index (χ1n) is 6.73. The third-order valence-electron chi connectivity index (χ3n) is 3.48. The van der Waals surface area contributed by atoms with E-state index in [1.807, 2.05) is 0 Å². The van der Waals surface area contributed by atoms with Crippen LogP contribution in [0.4, 0.5) is 10.1 Å². The second-order valence-corrected chi connectivity index (χ2v) is 5.83. The van der Waals surface area contributed by atoms with Crippen LogP contribution in [0.25, 0.3) is 0 Å². The van der Waals surface area contributed by atoms with Gasteiger partial charge in [-0.2, -0.15) is 0 Å². The predicted octanol–water partition coefficient (Wildman–Crippen LogP) is 4.42. The van der Waals surface area contributed by atoms with Gasteiger partial charge in [0.2, 0.25) is 0 Å². The number of halogens is 3. The maximum atomic E-state index is 13.3. The quantitative estimate of drug-likeness (QED) is 0.828. The summed E-state index contributed by atoms with van der Waals surface area (Å²) in [6.45, 7) is 5.58. The molecule has 0 unspecified atom stereocenters. The summed E-state index contributed by atoms with van der Waals surface area (Å²) in [7, 11) is 0. The van der Waals surface area contributed by atoms with Crippen LogP contribution in [0.1, 0.15) is 26.2 Å². The number of hydrogen-bond donors (Lipinski definition) is 1. The molecular formula is C14H19Cl2FN2. The molecular weight excluding hydrogens is 286 g/mol. The first kappa shape index (κ1) is 14.9. The van der Waals surface area contributed by atoms with Gasteiger partial charge < -0.3 is 10.2 Å². The third-order valence-corrected chi connectivity index (χ3v) is 4.03. The lowest BCUT2D eigenvalue weighted by atomic mass is 10.0. The summed E-state index contributed by atoms with van der Waals surface area (Å²) in [4.78, 5) is 2.47. The largest absolute Gasteiger partial charge is 0.382 e. The second-order valence-electron chi connectivity index (χ2n) is 5.01. The number of anilines is 1.